The molecular formula is C8H6BrF3. The van der Waals surface area contributed by atoms with E-state index in [9.17, 15) is 13.2 Å². The number of alkyl halides is 1. The number of halogens is 4. The maximum absolute atomic E-state index is 12.8. The molecule has 66 valence electrons. The second kappa shape index (κ2) is 3.94. The van der Waals surface area contributed by atoms with Gasteiger partial charge in [0, 0.05) is 5.33 Å². The summed E-state index contributed by atoms with van der Waals surface area (Å²) in [6.07, 6.45) is 0.350. The molecule has 0 spiro atoms. The third kappa shape index (κ3) is 1.80. The molecule has 0 aromatic heterocycles. The van der Waals surface area contributed by atoms with Crippen molar-refractivity contribution in [2.24, 2.45) is 0 Å². The summed E-state index contributed by atoms with van der Waals surface area (Å²) in [5, 5.41) is 0.523. The van der Waals surface area contributed by atoms with E-state index in [2.05, 4.69) is 15.9 Å². The standard InChI is InChI=1S/C8H6BrF3/c9-4-3-5-1-2-6(10)8(12)7(5)11/h1-2H,3-4H2. The lowest BCUT2D eigenvalue weighted by Gasteiger charge is -2.01. The molecule has 0 aliphatic carbocycles. The summed E-state index contributed by atoms with van der Waals surface area (Å²) in [6, 6.07) is 2.17. The van der Waals surface area contributed by atoms with Crippen molar-refractivity contribution in [1.82, 2.24) is 0 Å². The monoisotopic (exact) mass is 238 g/mol. The van der Waals surface area contributed by atoms with Crippen molar-refractivity contribution in [3.8, 4) is 0 Å². The summed E-state index contributed by atoms with van der Waals surface area (Å²) in [7, 11) is 0. The average molecular weight is 239 g/mol. The highest BCUT2D eigenvalue weighted by Crippen LogP contribution is 2.15. The highest BCUT2D eigenvalue weighted by atomic mass is 79.9. The van der Waals surface area contributed by atoms with Crippen LogP contribution >= 0.6 is 15.9 Å². The fraction of sp³-hybridized carbons (Fsp3) is 0.250. The lowest BCUT2D eigenvalue weighted by molar-refractivity contribution is 0.442. The van der Waals surface area contributed by atoms with Crippen LogP contribution in [-0.4, -0.2) is 5.33 Å². The zero-order chi connectivity index (χ0) is 9.14. The molecule has 0 unspecified atom stereocenters. The molecule has 0 saturated carbocycles. The number of hydrogen-bond donors (Lipinski definition) is 0. The Kier molecular flexibility index (Phi) is 3.14. The minimum absolute atomic E-state index is 0.186. The highest BCUT2D eigenvalue weighted by molar-refractivity contribution is 9.09. The smallest absolute Gasteiger partial charge is 0.194 e. The number of benzene rings is 1. The van der Waals surface area contributed by atoms with Gasteiger partial charge < -0.3 is 0 Å². The van der Waals surface area contributed by atoms with Gasteiger partial charge >= 0.3 is 0 Å². The van der Waals surface area contributed by atoms with Crippen molar-refractivity contribution >= 4 is 15.9 Å². The van der Waals surface area contributed by atoms with E-state index in [0.717, 1.165) is 6.07 Å². The van der Waals surface area contributed by atoms with Crippen LogP contribution < -0.4 is 0 Å². The van der Waals surface area contributed by atoms with Gasteiger partial charge in [0.2, 0.25) is 0 Å². The molecule has 0 aliphatic rings. The molecule has 4 heteroatoms. The van der Waals surface area contributed by atoms with Crippen LogP contribution in [0.2, 0.25) is 0 Å². The van der Waals surface area contributed by atoms with E-state index in [4.69, 9.17) is 0 Å². The quantitative estimate of drug-likeness (QED) is 0.549. The molecule has 0 bridgehead atoms. The molecule has 0 nitrogen and oxygen atoms in total. The number of hydrogen-bond acceptors (Lipinski definition) is 0. The molecule has 0 N–H and O–H groups in total. The first-order valence-corrected chi connectivity index (χ1v) is 4.47. The third-order valence-electron chi connectivity index (χ3n) is 1.48. The predicted octanol–water partition coefficient (Wildman–Crippen LogP) is 3.04. The first kappa shape index (κ1) is 9.58. The van der Waals surface area contributed by atoms with Crippen LogP contribution in [0.3, 0.4) is 0 Å². The van der Waals surface area contributed by atoms with Gasteiger partial charge in [-0.05, 0) is 18.1 Å². The Morgan fingerprint density at radius 2 is 1.75 bits per heavy atom. The Labute approximate surface area is 76.5 Å². The minimum Gasteiger partial charge on any atom is -0.204 e. The van der Waals surface area contributed by atoms with Crippen molar-refractivity contribution in [1.29, 1.82) is 0 Å². The summed E-state index contributed by atoms with van der Waals surface area (Å²) in [5.74, 6) is -3.63. The molecule has 0 saturated heterocycles. The van der Waals surface area contributed by atoms with Gasteiger partial charge in [-0.1, -0.05) is 22.0 Å². The van der Waals surface area contributed by atoms with Crippen LogP contribution in [0.15, 0.2) is 12.1 Å². The maximum atomic E-state index is 12.8. The molecule has 0 atom stereocenters. The maximum Gasteiger partial charge on any atom is 0.194 e. The Morgan fingerprint density at radius 1 is 1.08 bits per heavy atom. The largest absolute Gasteiger partial charge is 0.204 e. The van der Waals surface area contributed by atoms with E-state index in [1.54, 1.807) is 0 Å². The van der Waals surface area contributed by atoms with Gasteiger partial charge in [0.15, 0.2) is 17.5 Å². The topological polar surface area (TPSA) is 0 Å². The van der Waals surface area contributed by atoms with Crippen LogP contribution in [-0.2, 0) is 6.42 Å². The van der Waals surface area contributed by atoms with E-state index >= 15 is 0 Å². The Morgan fingerprint density at radius 3 is 2.33 bits per heavy atom. The minimum atomic E-state index is -1.39. The van der Waals surface area contributed by atoms with Crippen molar-refractivity contribution in [3.63, 3.8) is 0 Å². The first-order chi connectivity index (χ1) is 5.66. The summed E-state index contributed by atoms with van der Waals surface area (Å²) >= 11 is 3.08. The van der Waals surface area contributed by atoms with Gasteiger partial charge in [0.1, 0.15) is 0 Å². The van der Waals surface area contributed by atoms with Gasteiger partial charge in [-0.3, -0.25) is 0 Å². The van der Waals surface area contributed by atoms with Gasteiger partial charge in [-0.15, -0.1) is 0 Å². The molecule has 12 heavy (non-hydrogen) atoms. The molecule has 0 heterocycles. The van der Waals surface area contributed by atoms with Crippen LogP contribution in [0.4, 0.5) is 13.2 Å². The van der Waals surface area contributed by atoms with E-state index in [-0.39, 0.29) is 5.56 Å². The Bertz CT molecular complexity index is 286. The third-order valence-corrected chi connectivity index (χ3v) is 1.88. The second-order valence-electron chi connectivity index (χ2n) is 2.27. The fourth-order valence-corrected chi connectivity index (χ4v) is 1.29. The summed E-state index contributed by atoms with van der Waals surface area (Å²) in [4.78, 5) is 0. The number of rotatable bonds is 2. The molecule has 0 fully saturated rings. The van der Waals surface area contributed by atoms with E-state index in [1.165, 1.54) is 6.07 Å². The Hall–Kier alpha value is -0.510. The molecule has 1 rings (SSSR count). The van der Waals surface area contributed by atoms with E-state index in [0.29, 0.717) is 11.8 Å². The average Bonchev–Trinajstić information content (AvgIpc) is 2.07. The SMILES string of the molecule is Fc1ccc(CCBr)c(F)c1F. The van der Waals surface area contributed by atoms with Gasteiger partial charge in [-0.2, -0.15) is 0 Å². The molecule has 1 aromatic carbocycles. The van der Waals surface area contributed by atoms with Gasteiger partial charge in [0.25, 0.3) is 0 Å². The van der Waals surface area contributed by atoms with E-state index in [1.807, 2.05) is 0 Å². The van der Waals surface area contributed by atoms with Crippen molar-refractivity contribution in [2.75, 3.05) is 5.33 Å². The molecule has 0 radical (unpaired) electrons. The van der Waals surface area contributed by atoms with Crippen LogP contribution in [0.5, 0.6) is 0 Å². The second-order valence-corrected chi connectivity index (χ2v) is 3.07. The van der Waals surface area contributed by atoms with Crippen molar-refractivity contribution in [2.45, 2.75) is 6.42 Å². The van der Waals surface area contributed by atoms with Gasteiger partial charge in [0.05, 0.1) is 0 Å². The van der Waals surface area contributed by atoms with Crippen LogP contribution in [0, 0.1) is 17.5 Å². The van der Waals surface area contributed by atoms with Crippen LogP contribution in [0.1, 0.15) is 5.56 Å². The number of aryl methyl sites for hydroxylation is 1. The van der Waals surface area contributed by atoms with Crippen molar-refractivity contribution < 1.29 is 13.2 Å². The van der Waals surface area contributed by atoms with E-state index < -0.39 is 17.5 Å². The zero-order valence-electron chi connectivity index (χ0n) is 6.08. The lowest BCUT2D eigenvalue weighted by atomic mass is 10.1. The van der Waals surface area contributed by atoms with Crippen LogP contribution in [0.25, 0.3) is 0 Å². The summed E-state index contributed by atoms with van der Waals surface area (Å²) < 4.78 is 37.7. The lowest BCUT2D eigenvalue weighted by Crippen LogP contribution is -1.97. The highest BCUT2D eigenvalue weighted by Gasteiger charge is 2.11. The molecule has 0 aliphatic heterocycles. The molecule has 0 amide bonds. The van der Waals surface area contributed by atoms with Gasteiger partial charge in [-0.25, -0.2) is 13.2 Å². The summed E-state index contributed by atoms with van der Waals surface area (Å²) in [5.41, 5.74) is 0.186. The molecule has 1 aromatic rings. The Balaban J connectivity index is 3.08. The summed E-state index contributed by atoms with van der Waals surface area (Å²) in [6.45, 7) is 0. The predicted molar refractivity (Wildman–Crippen MR) is 43.8 cm³/mol. The zero-order valence-corrected chi connectivity index (χ0v) is 7.67. The first-order valence-electron chi connectivity index (χ1n) is 3.35. The van der Waals surface area contributed by atoms with Crippen molar-refractivity contribution in [3.05, 3.63) is 35.1 Å². The molecular weight excluding hydrogens is 233 g/mol. The fourth-order valence-electron chi connectivity index (χ4n) is 0.861. The normalized spacial score (nSPS) is 10.3.